The van der Waals surface area contributed by atoms with E-state index in [1.807, 2.05) is 47.6 Å². The standard InChI is InChI=1S/C25H29F3N2O4.C22H32N2O6.C12H14ClF3.C12H15F3O/c1-16(2)11-19-12-17(3-5-21(19)25(26,27)28)15-34-20-4-6-22-18(13-20)8-10-30(22)23(31)14-29-9-7-24(32)33;1-21(2,3)29-19(27)10-11-23(20(28)30-22(4,5)6)14-18(26)24-12-9-15-13-16(25)7-8-17(15)24;1-8(2)5-10-6-9(7-13)3-4-11(10)12(14,15)16;1-8(2)5-10-6-9(7-16)3-4-11(10)12(13,14)15/h3-6,12-13,16,29H,7-11,14-15H2,1-2H3,(H,32,33);7-8,13,25H,9-12,14H2,1-6H3;3-4,6,8H,5,7H2,1-2H3;3-4,6,8,16H,5,7H2,1-2H3. The predicted octanol–water partition coefficient (Wildman–Crippen LogP) is 15.7. The van der Waals surface area contributed by atoms with Crippen LogP contribution in [0, 0.1) is 17.8 Å². The van der Waals surface area contributed by atoms with Gasteiger partial charge in [-0.1, -0.05) is 77.9 Å². The molecule has 4 N–H and O–H groups in total. The summed E-state index contributed by atoms with van der Waals surface area (Å²) < 4.78 is 133. The molecule has 2 heterocycles. The van der Waals surface area contributed by atoms with Crippen LogP contribution >= 0.6 is 11.6 Å². The molecule has 0 aromatic heterocycles. The summed E-state index contributed by atoms with van der Waals surface area (Å²) in [7, 11) is 0. The van der Waals surface area contributed by atoms with Crippen LogP contribution in [0.5, 0.6) is 11.5 Å². The Kier molecular flexibility index (Phi) is 30.0. The van der Waals surface area contributed by atoms with Crippen molar-refractivity contribution in [2.75, 3.05) is 49.1 Å². The first kappa shape index (κ1) is 80.9. The molecule has 0 bridgehead atoms. The van der Waals surface area contributed by atoms with Gasteiger partial charge in [0.1, 0.15) is 35.9 Å². The van der Waals surface area contributed by atoms with Gasteiger partial charge in [0.2, 0.25) is 11.8 Å². The molecule has 530 valence electrons. The summed E-state index contributed by atoms with van der Waals surface area (Å²) in [6.45, 7) is 22.8. The molecule has 0 unspecified atom stereocenters. The van der Waals surface area contributed by atoms with Crippen molar-refractivity contribution in [1.29, 1.82) is 0 Å². The third-order valence-electron chi connectivity index (χ3n) is 14.3. The first-order chi connectivity index (χ1) is 44.5. The lowest BCUT2D eigenvalue weighted by atomic mass is 9.96. The molecule has 2 aliphatic rings. The second-order valence-corrected chi connectivity index (χ2v) is 26.9. The molecule has 7 rings (SSSR count). The van der Waals surface area contributed by atoms with Crippen molar-refractivity contribution in [2.24, 2.45) is 17.8 Å². The predicted molar refractivity (Wildman–Crippen MR) is 350 cm³/mol. The Labute approximate surface area is 561 Å². The molecule has 5 aromatic rings. The van der Waals surface area contributed by atoms with Crippen LogP contribution in [0.2, 0.25) is 0 Å². The number of amides is 3. The van der Waals surface area contributed by atoms with Gasteiger partial charge in [0.05, 0.1) is 42.7 Å². The number of benzene rings is 5. The SMILES string of the molecule is CC(C)(C)OC(=O)CCN(CC(=O)N1CCc2cc(O)ccc21)C(=O)OC(C)(C)C.CC(C)Cc1cc(CCl)ccc1C(F)(F)F.CC(C)Cc1cc(CO)ccc1C(F)(F)F.CC(C)Cc1cc(COc2ccc3c(c2)CCN3C(=O)CNCCC(=O)O)ccc1C(F)(F)F. The molecule has 0 fully saturated rings. The summed E-state index contributed by atoms with van der Waals surface area (Å²) in [6.07, 6.45) is -11.4. The number of alkyl halides is 10. The molecule has 0 spiro atoms. The number of carboxylic acids is 1. The first-order valence-electron chi connectivity index (χ1n) is 31.5. The van der Waals surface area contributed by atoms with Gasteiger partial charge >= 0.3 is 36.6 Å². The van der Waals surface area contributed by atoms with Gasteiger partial charge in [0.15, 0.2) is 0 Å². The minimum atomic E-state index is -4.39. The zero-order valence-corrected chi connectivity index (χ0v) is 57.2. The number of aliphatic hydroxyl groups excluding tert-OH is 1. The number of nitrogens with zero attached hydrogens (tertiary/aromatic N) is 3. The highest BCUT2D eigenvalue weighted by Gasteiger charge is 2.37. The second kappa shape index (κ2) is 35.6. The molecule has 0 atom stereocenters. The molecular weight excluding hydrogens is 1290 g/mol. The third-order valence-corrected chi connectivity index (χ3v) is 14.6. The summed E-state index contributed by atoms with van der Waals surface area (Å²) >= 11 is 5.62. The zero-order valence-electron chi connectivity index (χ0n) is 56.4. The van der Waals surface area contributed by atoms with E-state index in [1.165, 1.54) is 35.2 Å². The van der Waals surface area contributed by atoms with Crippen LogP contribution in [-0.2, 0) is 98.4 Å². The van der Waals surface area contributed by atoms with Gasteiger partial charge in [-0.3, -0.25) is 24.1 Å². The number of aliphatic carboxylic acids is 1. The Morgan fingerprint density at radius 1 is 0.583 bits per heavy atom. The largest absolute Gasteiger partial charge is 0.508 e. The van der Waals surface area contributed by atoms with Crippen LogP contribution in [-0.4, -0.2) is 101 Å². The molecule has 2 aliphatic heterocycles. The van der Waals surface area contributed by atoms with Crippen molar-refractivity contribution in [3.05, 3.63) is 152 Å². The number of nitrogens with one attached hydrogen (secondary N) is 1. The number of hydrogen-bond donors (Lipinski definition) is 4. The summed E-state index contributed by atoms with van der Waals surface area (Å²) in [6, 6.07) is 22.2. The maximum Gasteiger partial charge on any atom is 0.416 e. The van der Waals surface area contributed by atoms with Crippen molar-refractivity contribution < 1.29 is 93.0 Å². The maximum absolute atomic E-state index is 13.3. The molecule has 0 aliphatic carbocycles. The summed E-state index contributed by atoms with van der Waals surface area (Å²) in [4.78, 5) is 65.2. The normalized spacial score (nSPS) is 13.0. The fraction of sp³-hybridized carbons (Fsp3) is 0.507. The van der Waals surface area contributed by atoms with E-state index in [0.717, 1.165) is 40.6 Å². The monoisotopic (exact) mass is 1380 g/mol. The van der Waals surface area contributed by atoms with Crippen LogP contribution in [0.15, 0.2) is 91.0 Å². The van der Waals surface area contributed by atoms with Crippen molar-refractivity contribution >= 4 is 52.8 Å². The van der Waals surface area contributed by atoms with Gasteiger partial charge in [-0.15, -0.1) is 11.6 Å². The van der Waals surface area contributed by atoms with Crippen LogP contribution < -0.4 is 19.9 Å². The quantitative estimate of drug-likeness (QED) is 0.0235. The number of fused-ring (bicyclic) bond motifs is 2. The number of halogens is 10. The van der Waals surface area contributed by atoms with Gasteiger partial charge in [-0.2, -0.15) is 39.5 Å². The number of aromatic hydroxyl groups is 1. The Hall–Kier alpha value is -7.57. The highest BCUT2D eigenvalue weighted by atomic mass is 35.5. The summed E-state index contributed by atoms with van der Waals surface area (Å²) in [5.74, 6) is -0.405. The molecule has 0 saturated carbocycles. The maximum atomic E-state index is 13.3. The first-order valence-corrected chi connectivity index (χ1v) is 32.1. The van der Waals surface area contributed by atoms with Gasteiger partial charge in [0, 0.05) is 43.4 Å². The number of hydrogen-bond acceptors (Lipinski definition) is 11. The number of carbonyl (C=O) groups is 5. The lowest BCUT2D eigenvalue weighted by Gasteiger charge is -2.29. The van der Waals surface area contributed by atoms with Crippen LogP contribution in [0.25, 0.3) is 0 Å². The van der Waals surface area contributed by atoms with E-state index in [-0.39, 0.29) is 105 Å². The Balaban J connectivity index is 0.000000287. The van der Waals surface area contributed by atoms with E-state index in [9.17, 15) is 68.6 Å². The topological polar surface area (TPSA) is 195 Å². The van der Waals surface area contributed by atoms with Crippen molar-refractivity contribution in [1.82, 2.24) is 10.2 Å². The smallest absolute Gasteiger partial charge is 0.416 e. The average molecular weight is 1380 g/mol. The van der Waals surface area contributed by atoms with E-state index in [4.69, 9.17) is 36.0 Å². The number of ether oxygens (including phenoxy) is 3. The summed E-state index contributed by atoms with van der Waals surface area (Å²) in [5.41, 5.74) is 2.97. The molecule has 15 nitrogen and oxygen atoms in total. The van der Waals surface area contributed by atoms with Crippen molar-refractivity contribution in [3.63, 3.8) is 0 Å². The van der Waals surface area contributed by atoms with E-state index < -0.39 is 64.5 Å². The minimum Gasteiger partial charge on any atom is -0.508 e. The molecule has 25 heteroatoms. The number of anilines is 2. The number of phenolic OH excluding ortho intramolecular Hbond substituents is 1. The number of esters is 1. The van der Waals surface area contributed by atoms with Crippen LogP contribution in [0.3, 0.4) is 0 Å². The number of aliphatic hydroxyl groups is 1. The van der Waals surface area contributed by atoms with Crippen LogP contribution in [0.1, 0.15) is 157 Å². The Morgan fingerprint density at radius 3 is 1.49 bits per heavy atom. The van der Waals surface area contributed by atoms with E-state index in [0.29, 0.717) is 73.3 Å². The van der Waals surface area contributed by atoms with E-state index in [2.05, 4.69) is 5.32 Å². The number of carboxylic acid groups (broad SMARTS) is 1. The number of phenols is 1. The third kappa shape index (κ3) is 27.1. The lowest BCUT2D eigenvalue weighted by molar-refractivity contribution is -0.155. The molecule has 0 radical (unpaired) electrons. The lowest BCUT2D eigenvalue weighted by Crippen LogP contribution is -2.45. The molecule has 96 heavy (non-hydrogen) atoms. The fourth-order valence-electron chi connectivity index (χ4n) is 10.3. The zero-order chi connectivity index (χ0) is 72.3. The fourth-order valence-corrected chi connectivity index (χ4v) is 10.5. The highest BCUT2D eigenvalue weighted by molar-refractivity contribution is 6.17. The van der Waals surface area contributed by atoms with Crippen molar-refractivity contribution in [2.45, 2.75) is 177 Å². The molecule has 5 aromatic carbocycles. The van der Waals surface area contributed by atoms with Gasteiger partial charge in [0.25, 0.3) is 0 Å². The van der Waals surface area contributed by atoms with E-state index in [1.54, 1.807) is 87.7 Å². The molecular formula is C71H90ClF9N4O11. The van der Waals surface area contributed by atoms with Crippen LogP contribution in [0.4, 0.5) is 55.7 Å². The Morgan fingerprint density at radius 2 is 1.03 bits per heavy atom. The van der Waals surface area contributed by atoms with Gasteiger partial charge < -0.3 is 44.6 Å². The summed E-state index contributed by atoms with van der Waals surface area (Å²) in [5, 5.41) is 30.0. The average Bonchev–Trinajstić information content (AvgIpc) is 1.10. The van der Waals surface area contributed by atoms with E-state index >= 15 is 0 Å². The highest BCUT2D eigenvalue weighted by Crippen LogP contribution is 2.38. The van der Waals surface area contributed by atoms with Gasteiger partial charge in [-0.25, -0.2) is 4.79 Å². The molecule has 3 amide bonds. The number of rotatable bonds is 21. The molecule has 0 saturated heterocycles. The van der Waals surface area contributed by atoms with Crippen molar-refractivity contribution in [3.8, 4) is 11.5 Å². The second-order valence-electron chi connectivity index (χ2n) is 26.6. The van der Waals surface area contributed by atoms with Gasteiger partial charge in [-0.05, 0) is 191 Å². The number of carbonyl (C=O) groups excluding carboxylic acids is 4. The minimum absolute atomic E-state index is 0.00580. The Bertz CT molecular complexity index is 3340.